The van der Waals surface area contributed by atoms with Crippen molar-refractivity contribution in [3.63, 3.8) is 0 Å². The van der Waals surface area contributed by atoms with E-state index in [1.165, 1.54) is 116 Å². The van der Waals surface area contributed by atoms with Crippen LogP contribution in [0.15, 0.2) is 72.8 Å². The standard InChI is InChI=1S/C23H29.C15H14.C9H13.2ClH.Zr/c1-14-9-16-11-17-10-15(2)21(23(6,7)8)13-19(17)18(16)12-20(14)22(3,4)5;1-12-3-7-14(8-4-12)11-15-9-5-13(2)6-10-15;1-6-5-7(2)9(4)8(6)3;;;/h9,12-13H,11H2,1-8H3;3-10H,1-2H3;5H,1-4H3;2*1H;/q-1;;-1;;;+2/p-2. The molecule has 0 aliphatic heterocycles. The van der Waals surface area contributed by atoms with Crippen molar-refractivity contribution in [1.82, 2.24) is 0 Å². The van der Waals surface area contributed by atoms with E-state index in [1.54, 1.807) is 0 Å². The predicted octanol–water partition coefficient (Wildman–Crippen LogP) is 6.34. The van der Waals surface area contributed by atoms with Gasteiger partial charge < -0.3 is 24.8 Å². The van der Waals surface area contributed by atoms with Crippen molar-refractivity contribution in [3.8, 4) is 11.1 Å². The maximum Gasteiger partial charge on any atom is -1.00 e. The fraction of sp³-hybridized carbons (Fsp3) is 0.362. The molecule has 0 spiro atoms. The number of hydrogen-bond donors (Lipinski definition) is 0. The van der Waals surface area contributed by atoms with Gasteiger partial charge in [0.05, 0.1) is 0 Å². The Hall–Kier alpha value is -2.44. The summed E-state index contributed by atoms with van der Waals surface area (Å²) in [6.45, 7) is 31.2. The summed E-state index contributed by atoms with van der Waals surface area (Å²) in [6, 6.07) is 30.7. The minimum Gasteiger partial charge on any atom is -1.00 e. The van der Waals surface area contributed by atoms with Gasteiger partial charge in [0, 0.05) is 0 Å². The first-order chi connectivity index (χ1) is 22.3. The van der Waals surface area contributed by atoms with Crippen molar-refractivity contribution in [1.29, 1.82) is 0 Å². The molecule has 1 aliphatic rings. The van der Waals surface area contributed by atoms with Crippen LogP contribution in [0.3, 0.4) is 0 Å². The maximum absolute atomic E-state index is 3.69. The molecular weight excluding hydrogens is 727 g/mol. The smallest absolute Gasteiger partial charge is 1.00 e. The van der Waals surface area contributed by atoms with Crippen LogP contribution in [0.2, 0.25) is 0 Å². The van der Waals surface area contributed by atoms with E-state index in [-0.39, 0.29) is 35.6 Å². The first-order valence-corrected chi connectivity index (χ1v) is 18.6. The molecule has 0 radical (unpaired) electrons. The van der Waals surface area contributed by atoms with Crippen molar-refractivity contribution in [3.05, 3.63) is 157 Å². The second-order valence-corrected chi connectivity index (χ2v) is 17.3. The monoisotopic (exact) mass is 780 g/mol. The minimum atomic E-state index is 0. The second-order valence-electron chi connectivity index (χ2n) is 16.1. The summed E-state index contributed by atoms with van der Waals surface area (Å²) < 4.78 is 1.42. The molecule has 3 heteroatoms. The van der Waals surface area contributed by atoms with E-state index >= 15 is 0 Å². The van der Waals surface area contributed by atoms with E-state index in [2.05, 4.69) is 176 Å². The second kappa shape index (κ2) is 17.4. The summed E-state index contributed by atoms with van der Waals surface area (Å²) >= 11 is 1.46. The number of rotatable bonds is 2. The van der Waals surface area contributed by atoms with Gasteiger partial charge in [0.2, 0.25) is 0 Å². The first kappa shape index (κ1) is 43.7. The third kappa shape index (κ3) is 10.3. The van der Waals surface area contributed by atoms with Gasteiger partial charge in [0.25, 0.3) is 0 Å². The molecule has 0 nitrogen and oxygen atoms in total. The van der Waals surface area contributed by atoms with Gasteiger partial charge in [-0.05, 0) is 35.4 Å². The molecule has 1 aliphatic carbocycles. The summed E-state index contributed by atoms with van der Waals surface area (Å²) in [7, 11) is 0. The van der Waals surface area contributed by atoms with Gasteiger partial charge in [0.1, 0.15) is 0 Å². The van der Waals surface area contributed by atoms with Crippen LogP contribution < -0.4 is 24.8 Å². The first-order valence-electron chi connectivity index (χ1n) is 17.4. The molecule has 0 saturated carbocycles. The SMILES string of the molecule is Cc1[c-]c2c(cc1C(C)(C)C)-c1cc(C(C)(C)C)c(C)cc1C2.Cc1c[c-](C)c(C)c1C.Cc1ccc([C](=[Zr+2])c2ccc(C)cc2)cc1.[Cl-].[Cl-]. The molecule has 264 valence electrons. The Kier molecular flexibility index (Phi) is 15.2. The number of aryl methyl sites for hydroxylation is 6. The molecule has 0 saturated heterocycles. The zero-order valence-corrected chi connectivity index (χ0v) is 36.9. The quantitative estimate of drug-likeness (QED) is 0.180. The van der Waals surface area contributed by atoms with E-state index < -0.39 is 0 Å². The van der Waals surface area contributed by atoms with Crippen molar-refractivity contribution in [2.75, 3.05) is 0 Å². The van der Waals surface area contributed by atoms with Gasteiger partial charge >= 0.3 is 112 Å². The van der Waals surface area contributed by atoms with Crippen LogP contribution in [0.5, 0.6) is 0 Å². The molecular formula is C47H56Cl2Zr-2. The molecule has 0 heterocycles. The zero-order valence-electron chi connectivity index (χ0n) is 32.9. The Balaban J connectivity index is 0.000000280. The molecule has 0 aromatic heterocycles. The van der Waals surface area contributed by atoms with Gasteiger partial charge in [-0.3, -0.25) is 0 Å². The van der Waals surface area contributed by atoms with E-state index in [0.717, 1.165) is 6.42 Å². The van der Waals surface area contributed by atoms with Gasteiger partial charge in [-0.2, -0.15) is 46.0 Å². The van der Waals surface area contributed by atoms with Crippen LogP contribution in [-0.4, -0.2) is 3.21 Å². The van der Waals surface area contributed by atoms with Crippen LogP contribution in [0, 0.1) is 61.5 Å². The third-order valence-corrected chi connectivity index (χ3v) is 11.4. The van der Waals surface area contributed by atoms with E-state index in [1.807, 2.05) is 0 Å². The van der Waals surface area contributed by atoms with E-state index in [9.17, 15) is 0 Å². The van der Waals surface area contributed by atoms with Crippen molar-refractivity contribution in [2.45, 2.75) is 114 Å². The van der Waals surface area contributed by atoms with Gasteiger partial charge in [-0.25, -0.2) is 0 Å². The maximum atomic E-state index is 3.69. The van der Waals surface area contributed by atoms with E-state index in [4.69, 9.17) is 0 Å². The molecule has 5 aromatic rings. The predicted molar refractivity (Wildman–Crippen MR) is 207 cm³/mol. The minimum absolute atomic E-state index is 0. The summed E-state index contributed by atoms with van der Waals surface area (Å²) in [4.78, 5) is 0. The fourth-order valence-corrected chi connectivity index (χ4v) is 7.58. The largest absolute Gasteiger partial charge is 1.00 e. The molecule has 0 bridgehead atoms. The van der Waals surface area contributed by atoms with Crippen LogP contribution in [-0.2, 0) is 41.5 Å². The molecule has 50 heavy (non-hydrogen) atoms. The average molecular weight is 783 g/mol. The number of fused-ring (bicyclic) bond motifs is 3. The Bertz CT molecular complexity index is 1780. The Labute approximate surface area is 332 Å². The van der Waals surface area contributed by atoms with Crippen molar-refractivity contribution < 1.29 is 49.0 Å². The van der Waals surface area contributed by atoms with E-state index in [0.29, 0.717) is 0 Å². The number of benzene rings is 4. The molecule has 5 aromatic carbocycles. The molecule has 6 rings (SSSR count). The zero-order chi connectivity index (χ0) is 35.7. The van der Waals surface area contributed by atoms with Crippen molar-refractivity contribution in [2.24, 2.45) is 0 Å². The molecule has 0 N–H and O–H groups in total. The number of hydrogen-bond acceptors (Lipinski definition) is 0. The Morgan fingerprint density at radius 3 is 1.48 bits per heavy atom. The van der Waals surface area contributed by atoms with Gasteiger partial charge in [0.15, 0.2) is 0 Å². The Morgan fingerprint density at radius 1 is 0.640 bits per heavy atom. The summed E-state index contributed by atoms with van der Waals surface area (Å²) in [6.07, 6.45) is 1.03. The topological polar surface area (TPSA) is 0 Å². The van der Waals surface area contributed by atoms with Gasteiger partial charge in [-0.1, -0.05) is 99.3 Å². The van der Waals surface area contributed by atoms with Crippen LogP contribution >= 0.6 is 0 Å². The molecule has 0 amide bonds. The van der Waals surface area contributed by atoms with Crippen LogP contribution in [0.1, 0.15) is 119 Å². The summed E-state index contributed by atoms with van der Waals surface area (Å²) in [5.74, 6) is 0. The van der Waals surface area contributed by atoms with Gasteiger partial charge in [-0.15, -0.1) is 16.7 Å². The normalized spacial score (nSPS) is 11.5. The molecule has 0 atom stereocenters. The summed E-state index contributed by atoms with van der Waals surface area (Å²) in [5, 5.41) is 0. The third-order valence-electron chi connectivity index (χ3n) is 9.94. The average Bonchev–Trinajstić information content (AvgIpc) is 3.45. The molecule has 0 fully saturated rings. The summed E-state index contributed by atoms with van der Waals surface area (Å²) in [5.41, 5.74) is 22.7. The number of halogens is 2. The molecule has 0 unspecified atom stereocenters. The Morgan fingerprint density at radius 2 is 1.10 bits per heavy atom. The fourth-order valence-electron chi connectivity index (χ4n) is 6.76. The van der Waals surface area contributed by atoms with Crippen LogP contribution in [0.25, 0.3) is 11.1 Å². The van der Waals surface area contributed by atoms with Crippen LogP contribution in [0.4, 0.5) is 0 Å². The van der Waals surface area contributed by atoms with Crippen molar-refractivity contribution >= 4 is 3.21 Å².